The first-order chi connectivity index (χ1) is 19.0. The van der Waals surface area contributed by atoms with E-state index >= 15 is 0 Å². The van der Waals surface area contributed by atoms with Gasteiger partial charge in [-0.1, -0.05) is 54.6 Å². The molecule has 3 aromatic carbocycles. The molecule has 1 amide bonds. The summed E-state index contributed by atoms with van der Waals surface area (Å²) in [6, 6.07) is 26.9. The SMILES string of the molecule is O=C1/C(=C/c2cccc([N+](=O)[O-])c2)S/C(=N/N=C\c2cccc(OCc3ccccc3)c2)N1Cc1ccco1. The van der Waals surface area contributed by atoms with Crippen LogP contribution in [0.15, 0.2) is 117 Å². The number of amides is 1. The van der Waals surface area contributed by atoms with Crippen molar-refractivity contribution >= 4 is 40.8 Å². The second-order valence-electron chi connectivity index (χ2n) is 8.41. The summed E-state index contributed by atoms with van der Waals surface area (Å²) in [5.74, 6) is 0.983. The summed E-state index contributed by atoms with van der Waals surface area (Å²) >= 11 is 1.14. The molecule has 0 N–H and O–H groups in total. The molecule has 1 aliphatic rings. The molecule has 2 heterocycles. The number of nitro groups is 1. The first kappa shape index (κ1) is 25.7. The molecule has 0 spiro atoms. The van der Waals surface area contributed by atoms with Gasteiger partial charge in [-0.2, -0.15) is 5.10 Å². The molecule has 1 aliphatic heterocycles. The number of carbonyl (C=O) groups is 1. The Morgan fingerprint density at radius 1 is 0.974 bits per heavy atom. The molecule has 10 heteroatoms. The van der Waals surface area contributed by atoms with E-state index in [-0.39, 0.29) is 18.1 Å². The van der Waals surface area contributed by atoms with E-state index in [9.17, 15) is 14.9 Å². The molecule has 1 saturated heterocycles. The summed E-state index contributed by atoms with van der Waals surface area (Å²) < 4.78 is 11.3. The van der Waals surface area contributed by atoms with E-state index in [1.807, 2.05) is 54.6 Å². The molecule has 9 nitrogen and oxygen atoms in total. The van der Waals surface area contributed by atoms with Gasteiger partial charge in [0.25, 0.3) is 11.6 Å². The average Bonchev–Trinajstić information content (AvgIpc) is 3.57. The number of ether oxygens (including phenoxy) is 1. The monoisotopic (exact) mass is 538 g/mol. The van der Waals surface area contributed by atoms with Crippen LogP contribution in [0, 0.1) is 10.1 Å². The molecule has 0 atom stereocenters. The van der Waals surface area contributed by atoms with Crippen molar-refractivity contribution in [3.63, 3.8) is 0 Å². The Balaban J connectivity index is 1.35. The maximum Gasteiger partial charge on any atom is 0.270 e. The van der Waals surface area contributed by atoms with Crippen molar-refractivity contribution in [3.8, 4) is 5.75 Å². The number of benzene rings is 3. The van der Waals surface area contributed by atoms with E-state index in [1.54, 1.807) is 36.6 Å². The van der Waals surface area contributed by atoms with Crippen LogP contribution in [0.25, 0.3) is 6.08 Å². The molecule has 0 radical (unpaired) electrons. The summed E-state index contributed by atoms with van der Waals surface area (Å²) in [6.45, 7) is 0.617. The average molecular weight is 539 g/mol. The van der Waals surface area contributed by atoms with E-state index in [4.69, 9.17) is 9.15 Å². The molecule has 39 heavy (non-hydrogen) atoms. The first-order valence-corrected chi connectivity index (χ1v) is 12.7. The van der Waals surface area contributed by atoms with Crippen LogP contribution < -0.4 is 4.74 Å². The van der Waals surface area contributed by atoms with Gasteiger partial charge in [-0.25, -0.2) is 0 Å². The van der Waals surface area contributed by atoms with Crippen LogP contribution in [0.3, 0.4) is 0 Å². The van der Waals surface area contributed by atoms with E-state index in [0.717, 1.165) is 22.9 Å². The van der Waals surface area contributed by atoms with Gasteiger partial charge in [-0.15, -0.1) is 5.10 Å². The van der Waals surface area contributed by atoms with E-state index in [0.29, 0.717) is 33.8 Å². The Hall–Kier alpha value is -4.96. The summed E-state index contributed by atoms with van der Waals surface area (Å²) in [7, 11) is 0. The van der Waals surface area contributed by atoms with Crippen molar-refractivity contribution in [1.29, 1.82) is 0 Å². The van der Waals surface area contributed by atoms with E-state index in [2.05, 4.69) is 10.2 Å². The predicted octanol–water partition coefficient (Wildman–Crippen LogP) is 6.27. The van der Waals surface area contributed by atoms with Crippen LogP contribution >= 0.6 is 11.8 Å². The third-order valence-electron chi connectivity index (χ3n) is 5.62. The minimum atomic E-state index is -0.474. The minimum absolute atomic E-state index is 0.0549. The number of furan rings is 1. The summed E-state index contributed by atoms with van der Waals surface area (Å²) in [5.41, 5.74) is 2.33. The minimum Gasteiger partial charge on any atom is -0.489 e. The van der Waals surface area contributed by atoms with Gasteiger partial charge in [0, 0.05) is 12.1 Å². The van der Waals surface area contributed by atoms with Gasteiger partial charge in [-0.05, 0) is 58.8 Å². The Kier molecular flexibility index (Phi) is 7.94. The largest absolute Gasteiger partial charge is 0.489 e. The second kappa shape index (κ2) is 12.1. The number of nitrogens with zero attached hydrogens (tertiary/aromatic N) is 4. The highest BCUT2D eigenvalue weighted by molar-refractivity contribution is 8.18. The quantitative estimate of drug-likeness (QED) is 0.107. The standard InChI is InChI=1S/C29H22N4O5S/c34-28-27(17-22-9-4-11-24(15-22)33(35)36)39-29(32(28)19-26-13-6-14-37-26)31-30-18-23-10-5-12-25(16-23)38-20-21-7-2-1-3-8-21/h1-18H,19-20H2/b27-17-,30-18-,31-29+. The fourth-order valence-electron chi connectivity index (χ4n) is 3.73. The molecule has 5 rings (SSSR count). The third kappa shape index (κ3) is 6.68. The van der Waals surface area contributed by atoms with Crippen LogP contribution in [0.1, 0.15) is 22.5 Å². The normalized spacial score (nSPS) is 15.5. The van der Waals surface area contributed by atoms with Crippen molar-refractivity contribution in [1.82, 2.24) is 4.90 Å². The molecule has 0 aliphatic carbocycles. The molecule has 1 aromatic heterocycles. The zero-order valence-corrected chi connectivity index (χ0v) is 21.4. The van der Waals surface area contributed by atoms with E-state index in [1.165, 1.54) is 23.3 Å². The Bertz CT molecular complexity index is 1570. The van der Waals surface area contributed by atoms with Crippen LogP contribution in [0.2, 0.25) is 0 Å². The highest BCUT2D eigenvalue weighted by atomic mass is 32.2. The van der Waals surface area contributed by atoms with Crippen molar-refractivity contribution in [2.45, 2.75) is 13.2 Å². The van der Waals surface area contributed by atoms with Crippen molar-refractivity contribution in [3.05, 3.63) is 135 Å². The van der Waals surface area contributed by atoms with E-state index < -0.39 is 4.92 Å². The molecule has 4 aromatic rings. The number of amidine groups is 1. The van der Waals surface area contributed by atoms with Gasteiger partial charge >= 0.3 is 0 Å². The number of hydrogen-bond donors (Lipinski definition) is 0. The smallest absolute Gasteiger partial charge is 0.270 e. The second-order valence-corrected chi connectivity index (χ2v) is 9.42. The van der Waals surface area contributed by atoms with Crippen molar-refractivity contribution in [2.24, 2.45) is 10.2 Å². The van der Waals surface area contributed by atoms with Gasteiger partial charge in [0.05, 0.1) is 28.9 Å². The van der Waals surface area contributed by atoms with Gasteiger partial charge in [0.2, 0.25) is 0 Å². The van der Waals surface area contributed by atoms with Crippen molar-refractivity contribution in [2.75, 3.05) is 0 Å². The molecule has 0 saturated carbocycles. The van der Waals surface area contributed by atoms with Gasteiger partial charge in [-0.3, -0.25) is 19.8 Å². The van der Waals surface area contributed by atoms with Crippen LogP contribution in [-0.2, 0) is 17.9 Å². The number of carbonyl (C=O) groups excluding carboxylic acids is 1. The molecule has 0 unspecified atom stereocenters. The Morgan fingerprint density at radius 2 is 1.79 bits per heavy atom. The van der Waals surface area contributed by atoms with Gasteiger partial charge in [0.15, 0.2) is 5.17 Å². The zero-order chi connectivity index (χ0) is 27.0. The first-order valence-electron chi connectivity index (χ1n) is 11.9. The van der Waals surface area contributed by atoms with Crippen LogP contribution in [0.5, 0.6) is 5.75 Å². The molecule has 1 fully saturated rings. The number of hydrogen-bond acceptors (Lipinski definition) is 8. The van der Waals surface area contributed by atoms with Crippen LogP contribution in [0.4, 0.5) is 5.69 Å². The lowest BCUT2D eigenvalue weighted by atomic mass is 10.2. The fraction of sp³-hybridized carbons (Fsp3) is 0.0690. The number of rotatable bonds is 9. The van der Waals surface area contributed by atoms with Crippen molar-refractivity contribution < 1.29 is 18.9 Å². The highest BCUT2D eigenvalue weighted by Crippen LogP contribution is 2.34. The number of thioether (sulfide) groups is 1. The maximum atomic E-state index is 13.2. The third-order valence-corrected chi connectivity index (χ3v) is 6.61. The van der Waals surface area contributed by atoms with Gasteiger partial charge < -0.3 is 9.15 Å². The fourth-order valence-corrected chi connectivity index (χ4v) is 4.67. The van der Waals surface area contributed by atoms with Gasteiger partial charge in [0.1, 0.15) is 18.1 Å². The molecular formula is C29H22N4O5S. The lowest BCUT2D eigenvalue weighted by molar-refractivity contribution is -0.384. The highest BCUT2D eigenvalue weighted by Gasteiger charge is 2.34. The maximum absolute atomic E-state index is 13.2. The summed E-state index contributed by atoms with van der Waals surface area (Å²) in [4.78, 5) is 25.7. The van der Waals surface area contributed by atoms with Crippen LogP contribution in [-0.4, -0.2) is 27.1 Å². The Labute approximate surface area is 228 Å². The summed E-state index contributed by atoms with van der Waals surface area (Å²) in [6.07, 6.45) is 4.72. The molecule has 194 valence electrons. The molecular weight excluding hydrogens is 516 g/mol. The number of nitro benzene ring substituents is 1. The lowest BCUT2D eigenvalue weighted by Crippen LogP contribution is -2.28. The topological polar surface area (TPSA) is 111 Å². The predicted molar refractivity (Wildman–Crippen MR) is 150 cm³/mol. The number of non-ortho nitro benzene ring substituents is 1. The summed E-state index contributed by atoms with van der Waals surface area (Å²) in [5, 5.41) is 20.0. The molecule has 0 bridgehead atoms. The Morgan fingerprint density at radius 3 is 2.59 bits per heavy atom. The zero-order valence-electron chi connectivity index (χ0n) is 20.5. The lowest BCUT2D eigenvalue weighted by Gasteiger charge is -2.12.